The summed E-state index contributed by atoms with van der Waals surface area (Å²) in [6, 6.07) is 5.63. The second-order valence-electron chi connectivity index (χ2n) is 4.81. The molecule has 1 aromatic carbocycles. The number of aliphatic hydroxyl groups is 1. The minimum Gasteiger partial charge on any atom is -0.399 e. The number of hydrogen-bond acceptors (Lipinski definition) is 5. The number of nitrogen functional groups attached to an aromatic ring is 1. The number of nitrogens with zero attached hydrogens (tertiary/aromatic N) is 3. The lowest BCUT2D eigenvalue weighted by Crippen LogP contribution is -2.12. The summed E-state index contributed by atoms with van der Waals surface area (Å²) >= 11 is 1.60. The SMILES string of the molecule is CC(O)c1nc2cc(N)ccc2n1C(C)c1nccs1. The topological polar surface area (TPSA) is 77.0 Å². The van der Waals surface area contributed by atoms with Crippen LogP contribution in [0.1, 0.15) is 36.8 Å². The van der Waals surface area contributed by atoms with Gasteiger partial charge in [0.25, 0.3) is 0 Å². The van der Waals surface area contributed by atoms with Crippen molar-refractivity contribution in [1.82, 2.24) is 14.5 Å². The highest BCUT2D eigenvalue weighted by atomic mass is 32.1. The zero-order valence-electron chi connectivity index (χ0n) is 11.3. The molecule has 5 nitrogen and oxygen atoms in total. The molecule has 0 saturated heterocycles. The third kappa shape index (κ3) is 2.07. The number of hydrogen-bond donors (Lipinski definition) is 2. The maximum Gasteiger partial charge on any atom is 0.139 e. The van der Waals surface area contributed by atoms with E-state index in [1.807, 2.05) is 28.1 Å². The molecule has 2 atom stereocenters. The van der Waals surface area contributed by atoms with Crippen LogP contribution in [0.3, 0.4) is 0 Å². The number of imidazole rings is 1. The molecular weight excluding hydrogens is 272 g/mol. The lowest BCUT2D eigenvalue weighted by molar-refractivity contribution is 0.183. The van der Waals surface area contributed by atoms with Crippen molar-refractivity contribution in [3.05, 3.63) is 40.6 Å². The van der Waals surface area contributed by atoms with Gasteiger partial charge in [0, 0.05) is 17.3 Å². The third-order valence-electron chi connectivity index (χ3n) is 3.31. The smallest absolute Gasteiger partial charge is 0.139 e. The van der Waals surface area contributed by atoms with E-state index in [2.05, 4.69) is 16.9 Å². The first kappa shape index (κ1) is 13.1. The molecule has 3 N–H and O–H groups in total. The Morgan fingerprint density at radius 1 is 1.35 bits per heavy atom. The Balaban J connectivity index is 2.24. The Morgan fingerprint density at radius 3 is 2.80 bits per heavy atom. The maximum absolute atomic E-state index is 9.99. The van der Waals surface area contributed by atoms with Gasteiger partial charge in [0.2, 0.25) is 0 Å². The van der Waals surface area contributed by atoms with Crippen molar-refractivity contribution in [3.8, 4) is 0 Å². The summed E-state index contributed by atoms with van der Waals surface area (Å²) < 4.78 is 2.03. The van der Waals surface area contributed by atoms with Crippen LogP contribution in [0, 0.1) is 0 Å². The third-order valence-corrected chi connectivity index (χ3v) is 4.26. The summed E-state index contributed by atoms with van der Waals surface area (Å²) in [6.07, 6.45) is 1.14. The Hall–Kier alpha value is -1.92. The number of aromatic nitrogens is 3. The molecular formula is C14H16N4OS. The van der Waals surface area contributed by atoms with Crippen molar-refractivity contribution in [2.24, 2.45) is 0 Å². The number of fused-ring (bicyclic) bond motifs is 1. The van der Waals surface area contributed by atoms with Gasteiger partial charge in [-0.05, 0) is 32.0 Å². The molecule has 0 aliphatic rings. The predicted octanol–water partition coefficient (Wildman–Crippen LogP) is 2.74. The fourth-order valence-corrected chi connectivity index (χ4v) is 3.07. The highest BCUT2D eigenvalue weighted by molar-refractivity contribution is 7.09. The lowest BCUT2D eigenvalue weighted by atomic mass is 10.2. The molecule has 0 aliphatic heterocycles. The van der Waals surface area contributed by atoms with Crippen molar-refractivity contribution in [2.45, 2.75) is 26.0 Å². The molecule has 0 fully saturated rings. The van der Waals surface area contributed by atoms with Crippen LogP contribution in [-0.4, -0.2) is 19.6 Å². The van der Waals surface area contributed by atoms with E-state index in [0.717, 1.165) is 16.0 Å². The molecule has 0 aliphatic carbocycles. The number of nitrogens with two attached hydrogens (primary N) is 1. The average molecular weight is 288 g/mol. The molecule has 3 aromatic rings. The molecule has 20 heavy (non-hydrogen) atoms. The lowest BCUT2D eigenvalue weighted by Gasteiger charge is -2.16. The van der Waals surface area contributed by atoms with E-state index in [1.165, 1.54) is 0 Å². The molecule has 0 spiro atoms. The van der Waals surface area contributed by atoms with Gasteiger partial charge in [-0.25, -0.2) is 9.97 Å². The van der Waals surface area contributed by atoms with Crippen LogP contribution in [0.2, 0.25) is 0 Å². The van der Waals surface area contributed by atoms with Crippen molar-refractivity contribution in [3.63, 3.8) is 0 Å². The zero-order valence-corrected chi connectivity index (χ0v) is 12.1. The summed E-state index contributed by atoms with van der Waals surface area (Å²) in [5, 5.41) is 12.9. The standard InChI is InChI=1S/C14H16N4OS/c1-8(14-16-5-6-20-14)18-12-4-3-10(15)7-11(12)17-13(18)9(2)19/h3-9,19H,15H2,1-2H3. The number of anilines is 1. The number of benzene rings is 1. The van der Waals surface area contributed by atoms with Gasteiger partial charge in [-0.15, -0.1) is 11.3 Å². The Morgan fingerprint density at radius 2 is 2.15 bits per heavy atom. The second kappa shape index (κ2) is 4.88. The van der Waals surface area contributed by atoms with E-state index < -0.39 is 6.10 Å². The normalized spacial score (nSPS) is 14.6. The van der Waals surface area contributed by atoms with Gasteiger partial charge in [0.05, 0.1) is 17.1 Å². The summed E-state index contributed by atoms with van der Waals surface area (Å²) in [5.41, 5.74) is 8.23. The van der Waals surface area contributed by atoms with Gasteiger partial charge in [-0.1, -0.05) is 0 Å². The first-order valence-electron chi connectivity index (χ1n) is 6.42. The summed E-state index contributed by atoms with van der Waals surface area (Å²) in [4.78, 5) is 8.87. The fourth-order valence-electron chi connectivity index (χ4n) is 2.39. The Kier molecular flexibility index (Phi) is 3.19. The second-order valence-corrected chi connectivity index (χ2v) is 5.74. The van der Waals surface area contributed by atoms with E-state index in [-0.39, 0.29) is 6.04 Å². The first-order valence-corrected chi connectivity index (χ1v) is 7.30. The van der Waals surface area contributed by atoms with Gasteiger partial charge in [0.1, 0.15) is 16.9 Å². The summed E-state index contributed by atoms with van der Waals surface area (Å²) in [7, 11) is 0. The van der Waals surface area contributed by atoms with Crippen LogP contribution < -0.4 is 5.73 Å². The number of rotatable bonds is 3. The van der Waals surface area contributed by atoms with Crippen molar-refractivity contribution < 1.29 is 5.11 Å². The molecule has 2 unspecified atom stereocenters. The molecule has 2 aromatic heterocycles. The first-order chi connectivity index (χ1) is 9.58. The van der Waals surface area contributed by atoms with Crippen molar-refractivity contribution in [1.29, 1.82) is 0 Å². The van der Waals surface area contributed by atoms with Crippen molar-refractivity contribution >= 4 is 28.1 Å². The van der Waals surface area contributed by atoms with Crippen LogP contribution >= 0.6 is 11.3 Å². The molecule has 6 heteroatoms. The van der Waals surface area contributed by atoms with E-state index in [1.54, 1.807) is 24.5 Å². The summed E-state index contributed by atoms with van der Waals surface area (Å²) in [5.74, 6) is 0.633. The Labute approximate surface area is 120 Å². The number of aliphatic hydroxyl groups excluding tert-OH is 1. The van der Waals surface area contributed by atoms with Gasteiger partial charge < -0.3 is 15.4 Å². The quantitative estimate of drug-likeness (QED) is 0.726. The molecule has 0 amide bonds. The predicted molar refractivity (Wildman–Crippen MR) is 80.7 cm³/mol. The van der Waals surface area contributed by atoms with Gasteiger partial charge in [-0.2, -0.15) is 0 Å². The molecule has 3 rings (SSSR count). The number of thiazole rings is 1. The average Bonchev–Trinajstić information content (AvgIpc) is 3.04. The maximum atomic E-state index is 9.99. The van der Waals surface area contributed by atoms with Gasteiger partial charge in [-0.3, -0.25) is 0 Å². The van der Waals surface area contributed by atoms with Crippen molar-refractivity contribution in [2.75, 3.05) is 5.73 Å². The molecule has 0 radical (unpaired) electrons. The van der Waals surface area contributed by atoms with E-state index in [4.69, 9.17) is 5.73 Å². The van der Waals surface area contributed by atoms with Crippen LogP contribution in [0.5, 0.6) is 0 Å². The van der Waals surface area contributed by atoms with E-state index in [9.17, 15) is 5.11 Å². The zero-order chi connectivity index (χ0) is 14.3. The van der Waals surface area contributed by atoms with Crippen LogP contribution in [0.25, 0.3) is 11.0 Å². The van der Waals surface area contributed by atoms with Gasteiger partial charge in [0.15, 0.2) is 0 Å². The summed E-state index contributed by atoms with van der Waals surface area (Å²) in [6.45, 7) is 3.78. The van der Waals surface area contributed by atoms with E-state index in [0.29, 0.717) is 11.5 Å². The molecule has 2 heterocycles. The van der Waals surface area contributed by atoms with Crippen LogP contribution in [-0.2, 0) is 0 Å². The Bertz CT molecular complexity index is 733. The molecule has 0 bridgehead atoms. The van der Waals surface area contributed by atoms with Gasteiger partial charge >= 0.3 is 0 Å². The highest BCUT2D eigenvalue weighted by Crippen LogP contribution is 2.30. The van der Waals surface area contributed by atoms with Crippen LogP contribution in [0.15, 0.2) is 29.8 Å². The fraction of sp³-hybridized carbons (Fsp3) is 0.286. The molecule has 104 valence electrons. The van der Waals surface area contributed by atoms with Crippen LogP contribution in [0.4, 0.5) is 5.69 Å². The largest absolute Gasteiger partial charge is 0.399 e. The monoisotopic (exact) mass is 288 g/mol. The highest BCUT2D eigenvalue weighted by Gasteiger charge is 2.21. The molecule has 0 saturated carbocycles. The minimum absolute atomic E-state index is 0.0215. The minimum atomic E-state index is -0.647. The van der Waals surface area contributed by atoms with E-state index >= 15 is 0 Å².